The first-order valence-electron chi connectivity index (χ1n) is 7.73. The van der Waals surface area contributed by atoms with E-state index in [0.29, 0.717) is 6.42 Å². The number of amides is 1. The Kier molecular flexibility index (Phi) is 5.18. The van der Waals surface area contributed by atoms with Crippen molar-refractivity contribution in [1.82, 2.24) is 0 Å². The van der Waals surface area contributed by atoms with Gasteiger partial charge in [0.25, 0.3) is 0 Å². The summed E-state index contributed by atoms with van der Waals surface area (Å²) in [4.78, 5) is 13.6. The molecule has 0 unspecified atom stereocenters. The molecule has 2 atom stereocenters. The number of rotatable bonds is 4. The average Bonchev–Trinajstić information content (AvgIpc) is 2.35. The molecule has 0 spiro atoms. The van der Waals surface area contributed by atoms with Gasteiger partial charge in [-0.15, -0.1) is 0 Å². The third-order valence-corrected chi connectivity index (χ3v) is 4.09. The minimum absolute atomic E-state index is 0.133. The summed E-state index contributed by atoms with van der Waals surface area (Å²) in [6.45, 7) is 10.1. The van der Waals surface area contributed by atoms with Crippen molar-refractivity contribution in [3.63, 3.8) is 0 Å². The maximum atomic E-state index is 12.0. The van der Waals surface area contributed by atoms with Crippen LogP contribution >= 0.6 is 0 Å². The number of carbonyl (C=O) groups excluding carboxylic acids is 1. The van der Waals surface area contributed by atoms with Gasteiger partial charge in [0.15, 0.2) is 0 Å². The van der Waals surface area contributed by atoms with Gasteiger partial charge < -0.3 is 10.2 Å². The Morgan fingerprint density at radius 2 is 2.00 bits per heavy atom. The van der Waals surface area contributed by atoms with Gasteiger partial charge in [-0.3, -0.25) is 4.79 Å². The molecule has 20 heavy (non-hydrogen) atoms. The van der Waals surface area contributed by atoms with E-state index in [9.17, 15) is 4.79 Å². The predicted octanol–water partition coefficient (Wildman–Crippen LogP) is 1.88. The number of likely N-dealkylation sites (tertiary alicyclic amines) is 1. The predicted molar refractivity (Wildman–Crippen MR) is 82.9 cm³/mol. The van der Waals surface area contributed by atoms with E-state index in [0.717, 1.165) is 24.1 Å². The maximum Gasteiger partial charge on any atom is 0.230 e. The van der Waals surface area contributed by atoms with Crippen molar-refractivity contribution in [3.8, 4) is 0 Å². The van der Waals surface area contributed by atoms with Crippen molar-refractivity contribution in [2.45, 2.75) is 33.6 Å². The normalized spacial score (nSPS) is 26.2. The smallest absolute Gasteiger partial charge is 0.230 e. The van der Waals surface area contributed by atoms with E-state index >= 15 is 0 Å². The molecule has 1 aliphatic rings. The van der Waals surface area contributed by atoms with E-state index in [2.05, 4.69) is 19.2 Å². The van der Waals surface area contributed by atoms with E-state index in [-0.39, 0.29) is 5.91 Å². The zero-order valence-electron chi connectivity index (χ0n) is 12.9. The molecule has 2 rings (SSSR count). The Bertz CT molecular complexity index is 448. The average molecular weight is 275 g/mol. The van der Waals surface area contributed by atoms with Gasteiger partial charge in [0.2, 0.25) is 5.91 Å². The number of hydrogen-bond acceptors (Lipinski definition) is 1. The van der Waals surface area contributed by atoms with E-state index in [4.69, 9.17) is 0 Å². The zero-order chi connectivity index (χ0) is 14.5. The maximum absolute atomic E-state index is 12.0. The molecular weight excluding hydrogens is 248 g/mol. The molecule has 0 aliphatic carbocycles. The van der Waals surface area contributed by atoms with Crippen LogP contribution in [0.25, 0.3) is 0 Å². The Labute approximate surface area is 122 Å². The summed E-state index contributed by atoms with van der Waals surface area (Å²) in [6.07, 6.45) is 1.95. The fraction of sp³-hybridized carbons (Fsp3) is 0.588. The van der Waals surface area contributed by atoms with Crippen molar-refractivity contribution in [1.29, 1.82) is 0 Å². The molecular formula is C17H27N2O+. The first-order chi connectivity index (χ1) is 9.52. The molecule has 1 fully saturated rings. The van der Waals surface area contributed by atoms with Crippen LogP contribution in [-0.2, 0) is 4.79 Å². The van der Waals surface area contributed by atoms with Crippen molar-refractivity contribution < 1.29 is 9.69 Å². The minimum atomic E-state index is 0.133. The molecule has 1 amide bonds. The van der Waals surface area contributed by atoms with Gasteiger partial charge in [0.05, 0.1) is 26.1 Å². The SMILES string of the molecule is Cc1cccc(NC(=O)CC[NH+]2C[C@H](C)C[C@@H](C)C2)c1. The number of aryl methyl sites for hydroxylation is 1. The van der Waals surface area contributed by atoms with Gasteiger partial charge in [-0.25, -0.2) is 0 Å². The fourth-order valence-corrected chi connectivity index (χ4v) is 3.36. The molecule has 0 bridgehead atoms. The van der Waals surface area contributed by atoms with Crippen molar-refractivity contribution in [2.75, 3.05) is 25.0 Å². The van der Waals surface area contributed by atoms with E-state index in [1.807, 2.05) is 31.2 Å². The van der Waals surface area contributed by atoms with Crippen molar-refractivity contribution in [3.05, 3.63) is 29.8 Å². The molecule has 0 saturated carbocycles. The summed E-state index contributed by atoms with van der Waals surface area (Å²) >= 11 is 0. The summed E-state index contributed by atoms with van der Waals surface area (Å²) in [7, 11) is 0. The number of piperidine rings is 1. The number of nitrogens with one attached hydrogen (secondary N) is 2. The van der Waals surface area contributed by atoms with Gasteiger partial charge in [-0.2, -0.15) is 0 Å². The second kappa shape index (κ2) is 6.89. The van der Waals surface area contributed by atoms with Gasteiger partial charge >= 0.3 is 0 Å². The Morgan fingerprint density at radius 1 is 1.30 bits per heavy atom. The number of quaternary nitrogens is 1. The quantitative estimate of drug-likeness (QED) is 0.864. The van der Waals surface area contributed by atoms with Crippen molar-refractivity contribution in [2.24, 2.45) is 11.8 Å². The van der Waals surface area contributed by atoms with E-state index in [1.54, 1.807) is 4.90 Å². The molecule has 3 heteroatoms. The summed E-state index contributed by atoms with van der Waals surface area (Å²) in [5.74, 6) is 1.70. The zero-order valence-corrected chi connectivity index (χ0v) is 12.9. The Balaban J connectivity index is 1.77. The summed E-state index contributed by atoms with van der Waals surface area (Å²) in [6, 6.07) is 7.97. The summed E-state index contributed by atoms with van der Waals surface area (Å²) in [5, 5.41) is 2.99. The molecule has 1 aromatic carbocycles. The lowest BCUT2D eigenvalue weighted by Crippen LogP contribution is -3.14. The van der Waals surface area contributed by atoms with Crippen LogP contribution in [0.3, 0.4) is 0 Å². The van der Waals surface area contributed by atoms with Crippen LogP contribution in [0, 0.1) is 18.8 Å². The minimum Gasteiger partial charge on any atom is -0.334 e. The summed E-state index contributed by atoms with van der Waals surface area (Å²) < 4.78 is 0. The van der Waals surface area contributed by atoms with Gasteiger partial charge in [0, 0.05) is 17.5 Å². The Hall–Kier alpha value is -1.35. The highest BCUT2D eigenvalue weighted by atomic mass is 16.1. The fourth-order valence-electron chi connectivity index (χ4n) is 3.36. The molecule has 1 heterocycles. The van der Waals surface area contributed by atoms with Crippen LogP contribution in [0.15, 0.2) is 24.3 Å². The Morgan fingerprint density at radius 3 is 2.65 bits per heavy atom. The number of benzene rings is 1. The third kappa shape index (κ3) is 4.64. The molecule has 0 radical (unpaired) electrons. The summed E-state index contributed by atoms with van der Waals surface area (Å²) in [5.41, 5.74) is 2.08. The molecule has 2 N–H and O–H groups in total. The first kappa shape index (κ1) is 15.0. The molecule has 3 nitrogen and oxygen atoms in total. The van der Waals surface area contributed by atoms with E-state index in [1.165, 1.54) is 25.1 Å². The molecule has 1 saturated heterocycles. The number of hydrogen-bond donors (Lipinski definition) is 2. The second-order valence-electron chi connectivity index (χ2n) is 6.52. The number of anilines is 1. The van der Waals surface area contributed by atoms with Crippen LogP contribution in [0.2, 0.25) is 0 Å². The van der Waals surface area contributed by atoms with Crippen LogP contribution in [0.1, 0.15) is 32.3 Å². The lowest BCUT2D eigenvalue weighted by molar-refractivity contribution is -0.911. The van der Waals surface area contributed by atoms with Crippen LogP contribution < -0.4 is 10.2 Å². The molecule has 110 valence electrons. The van der Waals surface area contributed by atoms with Crippen LogP contribution in [-0.4, -0.2) is 25.5 Å². The van der Waals surface area contributed by atoms with Gasteiger partial charge in [-0.1, -0.05) is 26.0 Å². The largest absolute Gasteiger partial charge is 0.334 e. The van der Waals surface area contributed by atoms with Gasteiger partial charge in [-0.05, 0) is 31.0 Å². The molecule has 1 aromatic rings. The number of carbonyl (C=O) groups is 1. The standard InChI is InChI=1S/C17H26N2O/c1-13-5-4-6-16(10-13)18-17(20)7-8-19-11-14(2)9-15(3)12-19/h4-6,10,14-15H,7-9,11-12H2,1-3H3,(H,18,20)/p+1/t14-,15-/m1/s1. The molecule has 0 aromatic heterocycles. The van der Waals surface area contributed by atoms with Crippen LogP contribution in [0.5, 0.6) is 0 Å². The van der Waals surface area contributed by atoms with Crippen LogP contribution in [0.4, 0.5) is 5.69 Å². The van der Waals surface area contributed by atoms with Crippen molar-refractivity contribution >= 4 is 11.6 Å². The lowest BCUT2D eigenvalue weighted by Gasteiger charge is -2.31. The molecule has 1 aliphatic heterocycles. The highest BCUT2D eigenvalue weighted by Crippen LogP contribution is 2.12. The third-order valence-electron chi connectivity index (χ3n) is 4.09. The highest BCUT2D eigenvalue weighted by Gasteiger charge is 2.25. The van der Waals surface area contributed by atoms with Gasteiger partial charge in [0.1, 0.15) is 0 Å². The van der Waals surface area contributed by atoms with E-state index < -0.39 is 0 Å². The lowest BCUT2D eigenvalue weighted by atomic mass is 9.92. The first-order valence-corrected chi connectivity index (χ1v) is 7.73. The topological polar surface area (TPSA) is 33.5 Å². The monoisotopic (exact) mass is 275 g/mol. The highest BCUT2D eigenvalue weighted by molar-refractivity contribution is 5.90. The second-order valence-corrected chi connectivity index (χ2v) is 6.52.